The summed E-state index contributed by atoms with van der Waals surface area (Å²) in [5.74, 6) is -3.02. The van der Waals surface area contributed by atoms with E-state index in [4.69, 9.17) is 10.8 Å². The smallest absolute Gasteiger partial charge is 0.306 e. The van der Waals surface area contributed by atoms with Crippen LogP contribution in [0.25, 0.3) is 0 Å². The van der Waals surface area contributed by atoms with Gasteiger partial charge in [-0.1, -0.05) is 37.3 Å². The molecule has 0 aromatic heterocycles. The number of hydrogen-bond acceptors (Lipinski definition) is 3. The molecule has 94 valence electrons. The van der Waals surface area contributed by atoms with Gasteiger partial charge in [0.1, 0.15) is 5.78 Å². The third-order valence-corrected chi connectivity index (χ3v) is 4.77. The predicted octanol–water partition coefficient (Wildman–Crippen LogP) is 1.64. The van der Waals surface area contributed by atoms with Crippen molar-refractivity contribution in [2.75, 3.05) is 6.16 Å². The molecule has 1 aromatic rings. The molecular formula is C11H16NO4P. The molecule has 0 saturated carbocycles. The van der Waals surface area contributed by atoms with E-state index in [-0.39, 0.29) is 6.16 Å². The Morgan fingerprint density at radius 2 is 1.94 bits per heavy atom. The summed E-state index contributed by atoms with van der Waals surface area (Å²) in [5.41, 5.74) is 6.25. The minimum Gasteiger partial charge on any atom is -0.481 e. The fourth-order valence-corrected chi connectivity index (χ4v) is 3.27. The summed E-state index contributed by atoms with van der Waals surface area (Å²) < 4.78 is 12.0. The monoisotopic (exact) mass is 257 g/mol. The van der Waals surface area contributed by atoms with Gasteiger partial charge in [-0.2, -0.15) is 0 Å². The number of benzene rings is 1. The van der Waals surface area contributed by atoms with Crippen LogP contribution in [0, 0.1) is 5.92 Å². The van der Waals surface area contributed by atoms with Crippen LogP contribution in [0.5, 0.6) is 0 Å². The van der Waals surface area contributed by atoms with Crippen molar-refractivity contribution >= 4 is 13.3 Å². The lowest BCUT2D eigenvalue weighted by molar-refractivity contribution is -0.140. The molecule has 0 aliphatic rings. The van der Waals surface area contributed by atoms with Crippen LogP contribution < -0.4 is 5.73 Å². The average Bonchev–Trinajstić information content (AvgIpc) is 2.28. The van der Waals surface area contributed by atoms with E-state index in [0.717, 1.165) is 0 Å². The Morgan fingerprint density at radius 3 is 2.41 bits per heavy atom. The molecule has 3 unspecified atom stereocenters. The first-order chi connectivity index (χ1) is 7.84. The molecule has 0 amide bonds. The van der Waals surface area contributed by atoms with Crippen molar-refractivity contribution in [1.29, 1.82) is 0 Å². The van der Waals surface area contributed by atoms with Crippen molar-refractivity contribution in [3.8, 4) is 0 Å². The van der Waals surface area contributed by atoms with E-state index >= 15 is 0 Å². The zero-order valence-corrected chi connectivity index (χ0v) is 10.4. The van der Waals surface area contributed by atoms with Crippen molar-refractivity contribution in [2.45, 2.75) is 12.7 Å². The highest BCUT2D eigenvalue weighted by Crippen LogP contribution is 2.53. The largest absolute Gasteiger partial charge is 0.481 e. The first-order valence-corrected chi connectivity index (χ1v) is 7.11. The Kier molecular flexibility index (Phi) is 4.46. The second kappa shape index (κ2) is 5.45. The average molecular weight is 257 g/mol. The molecule has 0 spiro atoms. The minimum atomic E-state index is -3.72. The van der Waals surface area contributed by atoms with Gasteiger partial charge < -0.3 is 15.7 Å². The van der Waals surface area contributed by atoms with Gasteiger partial charge in [-0.25, -0.2) is 0 Å². The second-order valence-electron chi connectivity index (χ2n) is 4.03. The number of carbonyl (C=O) groups is 1. The van der Waals surface area contributed by atoms with Gasteiger partial charge in [0.15, 0.2) is 0 Å². The molecule has 4 N–H and O–H groups in total. The van der Waals surface area contributed by atoms with Gasteiger partial charge in [-0.05, 0) is 5.56 Å². The number of nitrogens with two attached hydrogens (primary N) is 1. The topological polar surface area (TPSA) is 101 Å². The molecule has 6 heteroatoms. The quantitative estimate of drug-likeness (QED) is 0.696. The van der Waals surface area contributed by atoms with Gasteiger partial charge in [-0.15, -0.1) is 0 Å². The standard InChI is InChI=1S/C11H16NO4P/c1-8(11(13)14)7-17(15,16)10(12)9-5-3-2-4-6-9/h2-6,8,10H,7,12H2,1H3,(H,13,14)(H,15,16). The molecular weight excluding hydrogens is 241 g/mol. The summed E-state index contributed by atoms with van der Waals surface area (Å²) >= 11 is 0. The number of aliphatic carboxylic acids is 1. The van der Waals surface area contributed by atoms with Crippen molar-refractivity contribution in [2.24, 2.45) is 11.7 Å². The van der Waals surface area contributed by atoms with Gasteiger partial charge in [0.2, 0.25) is 7.37 Å². The molecule has 0 fully saturated rings. The summed E-state index contributed by atoms with van der Waals surface area (Å²) in [6.07, 6.45) is -0.321. The zero-order chi connectivity index (χ0) is 13.1. The van der Waals surface area contributed by atoms with Crippen molar-refractivity contribution in [1.82, 2.24) is 0 Å². The maximum atomic E-state index is 12.0. The maximum Gasteiger partial charge on any atom is 0.306 e. The molecule has 1 aromatic carbocycles. The fourth-order valence-electron chi connectivity index (χ4n) is 1.47. The molecule has 0 bridgehead atoms. The Hall–Kier alpha value is -1.16. The van der Waals surface area contributed by atoms with Crippen LogP contribution >= 0.6 is 7.37 Å². The second-order valence-corrected chi connectivity index (χ2v) is 6.47. The summed E-state index contributed by atoms with van der Waals surface area (Å²) in [7, 11) is -3.72. The fraction of sp³-hybridized carbons (Fsp3) is 0.364. The van der Waals surface area contributed by atoms with Crippen LogP contribution in [0.4, 0.5) is 0 Å². The van der Waals surface area contributed by atoms with Crippen LogP contribution in [0.2, 0.25) is 0 Å². The SMILES string of the molecule is CC(CP(=O)(O)C(N)c1ccccc1)C(=O)O. The lowest BCUT2D eigenvalue weighted by Crippen LogP contribution is -2.20. The van der Waals surface area contributed by atoms with Crippen LogP contribution in [0.3, 0.4) is 0 Å². The van der Waals surface area contributed by atoms with Gasteiger partial charge in [0, 0.05) is 6.16 Å². The molecule has 17 heavy (non-hydrogen) atoms. The summed E-state index contributed by atoms with van der Waals surface area (Å²) in [5, 5.41) is 8.72. The molecule has 0 aliphatic heterocycles. The Balaban J connectivity index is 2.84. The Labute approximate surface area is 99.7 Å². The number of rotatable bonds is 5. The highest BCUT2D eigenvalue weighted by molar-refractivity contribution is 7.58. The molecule has 0 aliphatic carbocycles. The molecule has 0 heterocycles. The summed E-state index contributed by atoms with van der Waals surface area (Å²) in [4.78, 5) is 20.5. The lowest BCUT2D eigenvalue weighted by atomic mass is 10.2. The molecule has 1 rings (SSSR count). The van der Waals surface area contributed by atoms with Crippen molar-refractivity contribution < 1.29 is 19.4 Å². The third-order valence-electron chi connectivity index (χ3n) is 2.53. The van der Waals surface area contributed by atoms with Crippen LogP contribution in [-0.2, 0) is 9.36 Å². The van der Waals surface area contributed by atoms with E-state index in [1.165, 1.54) is 6.92 Å². The highest BCUT2D eigenvalue weighted by Gasteiger charge is 2.32. The molecule has 5 nitrogen and oxygen atoms in total. The van der Waals surface area contributed by atoms with Gasteiger partial charge >= 0.3 is 5.97 Å². The van der Waals surface area contributed by atoms with Crippen molar-refractivity contribution in [3.63, 3.8) is 0 Å². The van der Waals surface area contributed by atoms with E-state index in [1.54, 1.807) is 30.3 Å². The first-order valence-electron chi connectivity index (χ1n) is 5.19. The number of carboxylic acids is 1. The normalized spacial score (nSPS) is 18.1. The van der Waals surface area contributed by atoms with Gasteiger partial charge in [-0.3, -0.25) is 9.36 Å². The van der Waals surface area contributed by atoms with E-state index in [9.17, 15) is 14.3 Å². The maximum absolute atomic E-state index is 12.0. The molecule has 0 saturated heterocycles. The minimum absolute atomic E-state index is 0.321. The number of hydrogen-bond donors (Lipinski definition) is 3. The predicted molar refractivity (Wildman–Crippen MR) is 64.9 cm³/mol. The highest BCUT2D eigenvalue weighted by atomic mass is 31.2. The zero-order valence-electron chi connectivity index (χ0n) is 9.48. The lowest BCUT2D eigenvalue weighted by Gasteiger charge is -2.21. The Bertz CT molecular complexity index is 434. The Morgan fingerprint density at radius 1 is 1.41 bits per heavy atom. The molecule has 3 atom stereocenters. The van der Waals surface area contributed by atoms with Crippen LogP contribution in [0.15, 0.2) is 30.3 Å². The van der Waals surface area contributed by atoms with E-state index in [2.05, 4.69) is 0 Å². The van der Waals surface area contributed by atoms with Crippen LogP contribution in [0.1, 0.15) is 18.3 Å². The first kappa shape index (κ1) is 13.9. The van der Waals surface area contributed by atoms with Gasteiger partial charge in [0.25, 0.3) is 0 Å². The van der Waals surface area contributed by atoms with Crippen LogP contribution in [-0.4, -0.2) is 22.1 Å². The summed E-state index contributed by atoms with van der Waals surface area (Å²) in [6.45, 7) is 1.39. The van der Waals surface area contributed by atoms with Crippen molar-refractivity contribution in [3.05, 3.63) is 35.9 Å². The van der Waals surface area contributed by atoms with Gasteiger partial charge in [0.05, 0.1) is 5.92 Å². The summed E-state index contributed by atoms with van der Waals surface area (Å²) in [6, 6.07) is 8.52. The van der Waals surface area contributed by atoms with E-state index in [0.29, 0.717) is 5.56 Å². The van der Waals surface area contributed by atoms with E-state index in [1.807, 2.05) is 0 Å². The van der Waals surface area contributed by atoms with E-state index < -0.39 is 25.0 Å². The number of carboxylic acid groups (broad SMARTS) is 1. The molecule has 0 radical (unpaired) electrons. The third kappa shape index (κ3) is 3.66.